The van der Waals surface area contributed by atoms with Gasteiger partial charge in [-0.1, -0.05) is 18.7 Å². The molecule has 0 aromatic rings. The number of hydrogen-bond acceptors (Lipinski definition) is 2. The zero-order valence-electron chi connectivity index (χ0n) is 9.10. The molecule has 0 bridgehead atoms. The van der Waals surface area contributed by atoms with Crippen LogP contribution in [-0.4, -0.2) is 29.6 Å². The zero-order chi connectivity index (χ0) is 12.6. The number of alkyl halides is 4. The second kappa shape index (κ2) is 8.84. The van der Waals surface area contributed by atoms with E-state index in [1.807, 2.05) is 0 Å². The lowest BCUT2D eigenvalue weighted by Gasteiger charge is -2.12. The molecule has 1 nitrogen and oxygen atoms in total. The van der Waals surface area contributed by atoms with Crippen LogP contribution in [0.4, 0.5) is 17.6 Å². The van der Waals surface area contributed by atoms with E-state index >= 15 is 0 Å². The van der Waals surface area contributed by atoms with Crippen LogP contribution in [0.3, 0.4) is 0 Å². The second-order valence-corrected chi connectivity index (χ2v) is 4.52. The number of carbonyl (C=O) groups excluding carboxylic acids is 1. The summed E-state index contributed by atoms with van der Waals surface area (Å²) < 4.78 is 49.5. The summed E-state index contributed by atoms with van der Waals surface area (Å²) in [7, 11) is 0. The first-order chi connectivity index (χ1) is 7.47. The van der Waals surface area contributed by atoms with Crippen molar-refractivity contribution < 1.29 is 22.4 Å². The smallest absolute Gasteiger partial charge is 0.238 e. The molecule has 2 atom stereocenters. The van der Waals surface area contributed by atoms with Gasteiger partial charge in [0.1, 0.15) is 12.3 Å². The highest BCUT2D eigenvalue weighted by molar-refractivity contribution is 8.13. The molecule has 0 rings (SSSR count). The van der Waals surface area contributed by atoms with Gasteiger partial charge >= 0.3 is 0 Å². The molecule has 0 spiro atoms. The average molecular weight is 260 g/mol. The van der Waals surface area contributed by atoms with Gasteiger partial charge in [0.15, 0.2) is 5.12 Å². The van der Waals surface area contributed by atoms with Crippen molar-refractivity contribution >= 4 is 16.9 Å². The van der Waals surface area contributed by atoms with Gasteiger partial charge in [0.2, 0.25) is 6.43 Å². The first-order valence-electron chi connectivity index (χ1n) is 5.19. The Morgan fingerprint density at radius 1 is 1.06 bits per heavy atom. The van der Waals surface area contributed by atoms with Crippen molar-refractivity contribution in [2.75, 3.05) is 5.75 Å². The molecule has 0 saturated heterocycles. The summed E-state index contributed by atoms with van der Waals surface area (Å²) in [6.45, 7) is 1.68. The quantitative estimate of drug-likeness (QED) is 0.618. The first kappa shape index (κ1) is 15.7. The third kappa shape index (κ3) is 7.96. The molecule has 0 fully saturated rings. The SMILES string of the molecule is CCC(=O)SCCC(F)C(F)CCC(F)F. The van der Waals surface area contributed by atoms with Gasteiger partial charge < -0.3 is 0 Å². The van der Waals surface area contributed by atoms with Crippen LogP contribution in [0.5, 0.6) is 0 Å². The minimum absolute atomic E-state index is 0.0739. The highest BCUT2D eigenvalue weighted by atomic mass is 32.2. The molecule has 0 aliphatic rings. The minimum atomic E-state index is -2.60. The van der Waals surface area contributed by atoms with Gasteiger partial charge in [0.25, 0.3) is 0 Å². The normalized spacial score (nSPS) is 15.1. The lowest BCUT2D eigenvalue weighted by Crippen LogP contribution is -2.19. The van der Waals surface area contributed by atoms with E-state index in [0.717, 1.165) is 11.8 Å². The third-order valence-corrected chi connectivity index (χ3v) is 3.05. The van der Waals surface area contributed by atoms with E-state index in [0.29, 0.717) is 6.42 Å². The van der Waals surface area contributed by atoms with Gasteiger partial charge in [-0.2, -0.15) is 0 Å². The van der Waals surface area contributed by atoms with Crippen molar-refractivity contribution in [1.29, 1.82) is 0 Å². The lowest BCUT2D eigenvalue weighted by molar-refractivity contribution is -0.110. The monoisotopic (exact) mass is 260 g/mol. The molecule has 0 aliphatic carbocycles. The number of thioether (sulfide) groups is 1. The second-order valence-electron chi connectivity index (χ2n) is 3.36. The number of carbonyl (C=O) groups is 1. The van der Waals surface area contributed by atoms with Crippen molar-refractivity contribution in [3.05, 3.63) is 0 Å². The van der Waals surface area contributed by atoms with E-state index in [1.165, 1.54) is 0 Å². The van der Waals surface area contributed by atoms with E-state index in [-0.39, 0.29) is 17.3 Å². The highest BCUT2D eigenvalue weighted by Crippen LogP contribution is 2.19. The minimum Gasteiger partial charge on any atom is -0.287 e. The Hall–Kier alpha value is -0.260. The molecule has 0 N–H and O–H groups in total. The number of hydrogen-bond donors (Lipinski definition) is 0. The van der Waals surface area contributed by atoms with E-state index in [2.05, 4.69) is 0 Å². The van der Waals surface area contributed by atoms with Crippen LogP contribution >= 0.6 is 11.8 Å². The van der Waals surface area contributed by atoms with Crippen LogP contribution in [0.1, 0.15) is 32.6 Å². The molecule has 6 heteroatoms. The summed E-state index contributed by atoms with van der Waals surface area (Å²) in [4.78, 5) is 10.8. The van der Waals surface area contributed by atoms with Gasteiger partial charge in [-0.3, -0.25) is 4.79 Å². The van der Waals surface area contributed by atoms with Gasteiger partial charge in [0, 0.05) is 18.6 Å². The van der Waals surface area contributed by atoms with Crippen LogP contribution in [0.15, 0.2) is 0 Å². The number of rotatable bonds is 8. The maximum absolute atomic E-state index is 13.1. The summed E-state index contributed by atoms with van der Waals surface area (Å²) in [6.07, 6.45) is -7.05. The zero-order valence-corrected chi connectivity index (χ0v) is 9.91. The van der Waals surface area contributed by atoms with Crippen molar-refractivity contribution in [2.24, 2.45) is 0 Å². The molecule has 0 heterocycles. The fourth-order valence-electron chi connectivity index (χ4n) is 1.03. The molecule has 0 radical (unpaired) electrons. The summed E-state index contributed by atoms with van der Waals surface area (Å²) in [5.41, 5.74) is 0. The summed E-state index contributed by atoms with van der Waals surface area (Å²) >= 11 is 0.953. The molecule has 0 aliphatic heterocycles. The molecular formula is C10H16F4OS. The maximum atomic E-state index is 13.1. The summed E-state index contributed by atoms with van der Waals surface area (Å²) in [5, 5.41) is -0.0739. The molecule has 2 unspecified atom stereocenters. The predicted molar refractivity (Wildman–Crippen MR) is 57.4 cm³/mol. The van der Waals surface area contributed by atoms with E-state index < -0.39 is 31.6 Å². The van der Waals surface area contributed by atoms with Crippen LogP contribution < -0.4 is 0 Å². The highest BCUT2D eigenvalue weighted by Gasteiger charge is 2.21. The molecule has 96 valence electrons. The Balaban J connectivity index is 3.62. The summed E-state index contributed by atoms with van der Waals surface area (Å²) in [5.74, 6) is 0.197. The standard InChI is InChI=1S/C10H16F4OS/c1-2-10(15)16-6-5-8(12)7(11)3-4-9(13)14/h7-9H,2-6H2,1H3. The molecule has 0 aromatic carbocycles. The Bertz CT molecular complexity index is 201. The predicted octanol–water partition coefficient (Wildman–Crippen LogP) is 3.77. The van der Waals surface area contributed by atoms with Crippen LogP contribution in [0.25, 0.3) is 0 Å². The van der Waals surface area contributed by atoms with Crippen molar-refractivity contribution in [3.8, 4) is 0 Å². The molecule has 16 heavy (non-hydrogen) atoms. The Labute approximate surface area is 97.0 Å². The molecular weight excluding hydrogens is 244 g/mol. The van der Waals surface area contributed by atoms with Gasteiger partial charge in [-0.25, -0.2) is 17.6 Å². The van der Waals surface area contributed by atoms with Gasteiger partial charge in [-0.15, -0.1) is 0 Å². The molecule has 0 aromatic heterocycles. The Morgan fingerprint density at radius 3 is 2.12 bits per heavy atom. The van der Waals surface area contributed by atoms with Crippen LogP contribution in [0.2, 0.25) is 0 Å². The summed E-state index contributed by atoms with van der Waals surface area (Å²) in [6, 6.07) is 0. The Morgan fingerprint density at radius 2 is 1.62 bits per heavy atom. The van der Waals surface area contributed by atoms with Gasteiger partial charge in [0.05, 0.1) is 0 Å². The molecule has 0 saturated carbocycles. The van der Waals surface area contributed by atoms with E-state index in [1.54, 1.807) is 6.92 Å². The van der Waals surface area contributed by atoms with E-state index in [9.17, 15) is 22.4 Å². The van der Waals surface area contributed by atoms with Crippen molar-refractivity contribution in [1.82, 2.24) is 0 Å². The fraction of sp³-hybridized carbons (Fsp3) is 0.900. The van der Waals surface area contributed by atoms with Crippen molar-refractivity contribution in [2.45, 2.75) is 51.4 Å². The number of halogens is 4. The van der Waals surface area contributed by atoms with E-state index in [4.69, 9.17) is 0 Å². The Kier molecular flexibility index (Phi) is 8.70. The van der Waals surface area contributed by atoms with Crippen molar-refractivity contribution in [3.63, 3.8) is 0 Å². The molecule has 0 amide bonds. The van der Waals surface area contributed by atoms with Crippen LogP contribution in [0, 0.1) is 0 Å². The lowest BCUT2D eigenvalue weighted by atomic mass is 10.1. The maximum Gasteiger partial charge on any atom is 0.238 e. The van der Waals surface area contributed by atoms with Gasteiger partial charge in [-0.05, 0) is 12.8 Å². The average Bonchev–Trinajstić information content (AvgIpc) is 2.25. The van der Waals surface area contributed by atoms with Crippen LogP contribution in [-0.2, 0) is 4.79 Å². The first-order valence-corrected chi connectivity index (χ1v) is 6.17. The fourth-order valence-corrected chi connectivity index (χ4v) is 1.81. The third-order valence-electron chi connectivity index (χ3n) is 2.00. The largest absolute Gasteiger partial charge is 0.287 e. The topological polar surface area (TPSA) is 17.1 Å².